The second-order valence-corrected chi connectivity index (χ2v) is 4.31. The fourth-order valence-electron chi connectivity index (χ4n) is 0.937. The minimum Gasteiger partial charge on any atom is -0.306 e. The Morgan fingerprint density at radius 3 is 1.48 bits per heavy atom. The molecule has 1 aliphatic heterocycles. The molecular weight excluding hydrogens is 333 g/mol. The molecular formula is C9H9F11O. The van der Waals surface area contributed by atoms with Crippen LogP contribution in [0.2, 0.25) is 0 Å². The van der Waals surface area contributed by atoms with Gasteiger partial charge in [0.25, 0.3) is 5.92 Å². The molecule has 0 aromatic heterocycles. The summed E-state index contributed by atoms with van der Waals surface area (Å²) in [6.45, 7) is 0.441. The van der Waals surface area contributed by atoms with E-state index >= 15 is 0 Å². The number of ether oxygens (including phenoxy) is 1. The molecule has 1 saturated heterocycles. The molecule has 0 amide bonds. The third-order valence-corrected chi connectivity index (χ3v) is 2.30. The topological polar surface area (TPSA) is 9.23 Å². The molecule has 1 unspecified atom stereocenters. The smallest absolute Gasteiger partial charge is 0.306 e. The maximum atomic E-state index is 12.5. The highest BCUT2D eigenvalue weighted by molar-refractivity contribution is 4.93. The van der Waals surface area contributed by atoms with Gasteiger partial charge in [0.05, 0.1) is 6.42 Å². The van der Waals surface area contributed by atoms with Gasteiger partial charge in [-0.05, 0) is 6.92 Å². The molecule has 0 aromatic rings. The van der Waals surface area contributed by atoms with Gasteiger partial charge in [0.15, 0.2) is 0 Å². The molecule has 0 aliphatic carbocycles. The van der Waals surface area contributed by atoms with Gasteiger partial charge in [-0.2, -0.15) is 39.5 Å². The van der Waals surface area contributed by atoms with Crippen LogP contribution in [0, 0.1) is 0 Å². The lowest BCUT2D eigenvalue weighted by Crippen LogP contribution is -2.57. The molecule has 0 aromatic carbocycles. The Kier molecular flexibility index (Phi) is 5.22. The second-order valence-electron chi connectivity index (χ2n) is 4.31. The van der Waals surface area contributed by atoms with Crippen LogP contribution in [0.3, 0.4) is 0 Å². The van der Waals surface area contributed by atoms with E-state index in [2.05, 4.69) is 4.74 Å². The van der Waals surface area contributed by atoms with Crippen molar-refractivity contribution in [3.8, 4) is 0 Å². The summed E-state index contributed by atoms with van der Waals surface area (Å²) in [4.78, 5) is 0. The molecule has 0 spiro atoms. The van der Waals surface area contributed by atoms with Crippen LogP contribution < -0.4 is 0 Å². The third-order valence-electron chi connectivity index (χ3n) is 2.30. The number of hydrogen-bond donors (Lipinski definition) is 0. The lowest BCUT2D eigenvalue weighted by atomic mass is 10.0. The Bertz CT molecular complexity index is 342. The van der Waals surface area contributed by atoms with E-state index in [1.165, 1.54) is 0 Å². The summed E-state index contributed by atoms with van der Waals surface area (Å²) in [6, 6.07) is 0. The van der Waals surface area contributed by atoms with Crippen molar-refractivity contribution in [2.24, 2.45) is 0 Å². The van der Waals surface area contributed by atoms with Crippen molar-refractivity contribution in [1.29, 1.82) is 0 Å². The summed E-state index contributed by atoms with van der Waals surface area (Å²) in [5.74, 6) is -13.3. The second kappa shape index (κ2) is 5.43. The van der Waals surface area contributed by atoms with Gasteiger partial charge in [-0.25, -0.2) is 8.78 Å². The molecule has 0 N–H and O–H groups in total. The lowest BCUT2D eigenvalue weighted by Gasteiger charge is -2.38. The average Bonchev–Trinajstić information content (AvgIpc) is 2.10. The van der Waals surface area contributed by atoms with Crippen LogP contribution in [0.15, 0.2) is 0 Å². The Morgan fingerprint density at radius 2 is 1.24 bits per heavy atom. The van der Waals surface area contributed by atoms with Crippen molar-refractivity contribution in [3.05, 3.63) is 0 Å². The van der Waals surface area contributed by atoms with E-state index in [4.69, 9.17) is 0 Å². The molecule has 1 aliphatic rings. The van der Waals surface area contributed by atoms with E-state index < -0.39 is 42.6 Å². The summed E-state index contributed by atoms with van der Waals surface area (Å²) >= 11 is 0. The summed E-state index contributed by atoms with van der Waals surface area (Å²) in [5, 5.41) is 0. The molecule has 21 heavy (non-hydrogen) atoms. The van der Waals surface area contributed by atoms with Crippen LogP contribution in [0.1, 0.15) is 20.3 Å². The molecule has 1 rings (SSSR count). The van der Waals surface area contributed by atoms with Gasteiger partial charge in [-0.15, -0.1) is 0 Å². The maximum Gasteiger partial charge on any atom is 0.452 e. The molecule has 0 radical (unpaired) electrons. The SMILES string of the molecule is CC(F)(F)C(F)(F)F.CC1OC(F)(F)C(F)(F)CC1(F)F. The minimum atomic E-state index is -5.40. The van der Waals surface area contributed by atoms with Gasteiger partial charge in [0.1, 0.15) is 6.10 Å². The van der Waals surface area contributed by atoms with Crippen molar-refractivity contribution >= 4 is 0 Å². The fourth-order valence-corrected chi connectivity index (χ4v) is 0.937. The first-order valence-electron chi connectivity index (χ1n) is 5.09. The Labute approximate surface area is 111 Å². The summed E-state index contributed by atoms with van der Waals surface area (Å²) < 4.78 is 132. The normalized spacial score (nSPS) is 27.6. The van der Waals surface area contributed by atoms with Crippen LogP contribution in [0.5, 0.6) is 0 Å². The van der Waals surface area contributed by atoms with Crippen LogP contribution in [-0.4, -0.2) is 36.2 Å². The van der Waals surface area contributed by atoms with E-state index in [-0.39, 0.29) is 6.92 Å². The predicted molar refractivity (Wildman–Crippen MR) is 46.7 cm³/mol. The van der Waals surface area contributed by atoms with Gasteiger partial charge in [0.2, 0.25) is 0 Å². The van der Waals surface area contributed by atoms with Crippen LogP contribution >= 0.6 is 0 Å². The van der Waals surface area contributed by atoms with E-state index in [0.717, 1.165) is 0 Å². The Balaban J connectivity index is 0.000000433. The van der Waals surface area contributed by atoms with Gasteiger partial charge < -0.3 is 4.74 Å². The summed E-state index contributed by atoms with van der Waals surface area (Å²) in [7, 11) is 0. The third kappa shape index (κ3) is 4.85. The molecule has 1 heterocycles. The zero-order chi connectivity index (χ0) is 17.5. The molecule has 0 bridgehead atoms. The van der Waals surface area contributed by atoms with Crippen molar-refractivity contribution in [2.75, 3.05) is 0 Å². The van der Waals surface area contributed by atoms with E-state index in [0.29, 0.717) is 6.92 Å². The van der Waals surface area contributed by atoms with Gasteiger partial charge in [0, 0.05) is 6.92 Å². The Hall–Kier alpha value is -0.810. The van der Waals surface area contributed by atoms with Crippen LogP contribution in [0.25, 0.3) is 0 Å². The number of alkyl halides is 11. The van der Waals surface area contributed by atoms with Crippen LogP contribution in [-0.2, 0) is 4.74 Å². The van der Waals surface area contributed by atoms with Crippen LogP contribution in [0.4, 0.5) is 48.3 Å². The van der Waals surface area contributed by atoms with E-state index in [1.54, 1.807) is 0 Å². The van der Waals surface area contributed by atoms with Gasteiger partial charge >= 0.3 is 24.1 Å². The molecule has 1 fully saturated rings. The highest BCUT2D eigenvalue weighted by atomic mass is 19.4. The van der Waals surface area contributed by atoms with Gasteiger partial charge in [-0.3, -0.25) is 0 Å². The quantitative estimate of drug-likeness (QED) is 0.571. The molecule has 12 heteroatoms. The first-order chi connectivity index (χ1) is 8.83. The molecule has 128 valence electrons. The lowest BCUT2D eigenvalue weighted by molar-refractivity contribution is -0.418. The average molecular weight is 342 g/mol. The molecule has 1 atom stereocenters. The van der Waals surface area contributed by atoms with Crippen molar-refractivity contribution < 1.29 is 53.0 Å². The molecule has 1 nitrogen and oxygen atoms in total. The van der Waals surface area contributed by atoms with E-state index in [9.17, 15) is 48.3 Å². The highest BCUT2D eigenvalue weighted by Crippen LogP contribution is 2.49. The predicted octanol–water partition coefficient (Wildman–Crippen LogP) is 4.86. The summed E-state index contributed by atoms with van der Waals surface area (Å²) in [6.07, 6.45) is -14.6. The molecule has 0 saturated carbocycles. The number of halogens is 11. The van der Waals surface area contributed by atoms with Crippen molar-refractivity contribution in [1.82, 2.24) is 0 Å². The number of hydrogen-bond acceptors (Lipinski definition) is 1. The summed E-state index contributed by atoms with van der Waals surface area (Å²) in [5.41, 5.74) is 0. The van der Waals surface area contributed by atoms with Crippen molar-refractivity contribution in [3.63, 3.8) is 0 Å². The fraction of sp³-hybridized carbons (Fsp3) is 1.00. The highest BCUT2D eigenvalue weighted by Gasteiger charge is 2.69. The van der Waals surface area contributed by atoms with E-state index in [1.807, 2.05) is 0 Å². The standard InChI is InChI=1S/C6H6F6O.C3H3F5/c1-3-4(7,8)2-5(9,10)6(11,12)13-3;1-2(4,5)3(6,7)8/h3H,2H2,1H3;1H3. The maximum absolute atomic E-state index is 12.5. The monoisotopic (exact) mass is 342 g/mol. The van der Waals surface area contributed by atoms with Crippen molar-refractivity contribution in [2.45, 2.75) is 56.4 Å². The first-order valence-corrected chi connectivity index (χ1v) is 5.09. The zero-order valence-corrected chi connectivity index (χ0v) is 10.4. The zero-order valence-electron chi connectivity index (χ0n) is 10.4. The van der Waals surface area contributed by atoms with Gasteiger partial charge in [-0.1, -0.05) is 0 Å². The minimum absolute atomic E-state index is 0.188. The Morgan fingerprint density at radius 1 is 0.905 bits per heavy atom. The number of rotatable bonds is 0. The first kappa shape index (κ1) is 20.2. The largest absolute Gasteiger partial charge is 0.452 e.